The SMILES string of the molecule is COc1ccc(Nc2nc(Cl)ncc2CNc2c(C)nn(C)c2C)nc1. The monoisotopic (exact) mass is 373 g/mol. The van der Waals surface area contributed by atoms with Crippen LogP contribution in [0.3, 0.4) is 0 Å². The molecule has 0 fully saturated rings. The van der Waals surface area contributed by atoms with Crippen molar-refractivity contribution in [1.29, 1.82) is 0 Å². The van der Waals surface area contributed by atoms with Crippen LogP contribution in [0.1, 0.15) is 17.0 Å². The first-order valence-electron chi connectivity index (χ1n) is 8.00. The maximum absolute atomic E-state index is 5.97. The Bertz CT molecular complexity index is 908. The summed E-state index contributed by atoms with van der Waals surface area (Å²) >= 11 is 5.97. The van der Waals surface area contributed by atoms with E-state index in [9.17, 15) is 0 Å². The predicted octanol–water partition coefficient (Wildman–Crippen LogP) is 3.24. The summed E-state index contributed by atoms with van der Waals surface area (Å²) in [6, 6.07) is 3.62. The fourth-order valence-electron chi connectivity index (χ4n) is 2.53. The molecule has 0 radical (unpaired) electrons. The van der Waals surface area contributed by atoms with E-state index in [0.717, 1.165) is 22.6 Å². The normalized spacial score (nSPS) is 10.7. The molecule has 9 heteroatoms. The molecular formula is C17H20ClN7O. The molecule has 0 spiro atoms. The van der Waals surface area contributed by atoms with Crippen molar-refractivity contribution in [2.45, 2.75) is 20.4 Å². The number of anilines is 3. The fraction of sp³-hybridized carbons (Fsp3) is 0.294. The van der Waals surface area contributed by atoms with E-state index in [2.05, 4.69) is 30.7 Å². The van der Waals surface area contributed by atoms with Crippen LogP contribution in [0.2, 0.25) is 5.28 Å². The molecule has 3 aromatic rings. The summed E-state index contributed by atoms with van der Waals surface area (Å²) in [4.78, 5) is 12.7. The summed E-state index contributed by atoms with van der Waals surface area (Å²) < 4.78 is 6.96. The number of hydrogen-bond acceptors (Lipinski definition) is 7. The lowest BCUT2D eigenvalue weighted by molar-refractivity contribution is 0.413. The third kappa shape index (κ3) is 3.85. The van der Waals surface area contributed by atoms with Crippen molar-refractivity contribution in [1.82, 2.24) is 24.7 Å². The Morgan fingerprint density at radius 1 is 1.19 bits per heavy atom. The van der Waals surface area contributed by atoms with Gasteiger partial charge in [-0.3, -0.25) is 4.68 Å². The molecular weight excluding hydrogens is 354 g/mol. The minimum atomic E-state index is 0.165. The molecule has 0 amide bonds. The number of methoxy groups -OCH3 is 1. The number of nitrogens with one attached hydrogen (secondary N) is 2. The van der Waals surface area contributed by atoms with E-state index in [1.807, 2.05) is 37.7 Å². The van der Waals surface area contributed by atoms with Crippen molar-refractivity contribution in [3.63, 3.8) is 0 Å². The smallest absolute Gasteiger partial charge is 0.224 e. The molecule has 0 saturated carbocycles. The van der Waals surface area contributed by atoms with Crippen molar-refractivity contribution in [3.05, 3.63) is 46.8 Å². The highest BCUT2D eigenvalue weighted by Crippen LogP contribution is 2.23. The van der Waals surface area contributed by atoms with Crippen LogP contribution in [0.25, 0.3) is 0 Å². The number of aryl methyl sites for hydroxylation is 2. The number of hydrogen-bond donors (Lipinski definition) is 2. The molecule has 0 aliphatic carbocycles. The maximum atomic E-state index is 5.97. The van der Waals surface area contributed by atoms with Crippen molar-refractivity contribution < 1.29 is 4.74 Å². The van der Waals surface area contributed by atoms with Gasteiger partial charge in [-0.25, -0.2) is 15.0 Å². The van der Waals surface area contributed by atoms with Gasteiger partial charge >= 0.3 is 0 Å². The molecule has 0 unspecified atom stereocenters. The van der Waals surface area contributed by atoms with Gasteiger partial charge in [-0.1, -0.05) is 0 Å². The molecule has 136 valence electrons. The molecule has 0 saturated heterocycles. The lowest BCUT2D eigenvalue weighted by Crippen LogP contribution is -2.07. The average molecular weight is 374 g/mol. The predicted molar refractivity (Wildman–Crippen MR) is 101 cm³/mol. The Labute approximate surface area is 156 Å². The Balaban J connectivity index is 1.81. The van der Waals surface area contributed by atoms with Crippen LogP contribution in [0, 0.1) is 13.8 Å². The van der Waals surface area contributed by atoms with E-state index < -0.39 is 0 Å². The summed E-state index contributed by atoms with van der Waals surface area (Å²) in [6.45, 7) is 4.50. The molecule has 8 nitrogen and oxygen atoms in total. The summed E-state index contributed by atoms with van der Waals surface area (Å²) in [5.74, 6) is 1.91. The second-order valence-corrected chi connectivity index (χ2v) is 6.08. The third-order valence-electron chi connectivity index (χ3n) is 4.02. The zero-order valence-corrected chi connectivity index (χ0v) is 15.8. The molecule has 3 heterocycles. The summed E-state index contributed by atoms with van der Waals surface area (Å²) in [5.41, 5.74) is 3.85. The van der Waals surface area contributed by atoms with Crippen LogP contribution in [-0.2, 0) is 13.6 Å². The van der Waals surface area contributed by atoms with Crippen molar-refractivity contribution >= 4 is 28.9 Å². The third-order valence-corrected chi connectivity index (χ3v) is 4.20. The minimum Gasteiger partial charge on any atom is -0.495 e. The minimum absolute atomic E-state index is 0.165. The van der Waals surface area contributed by atoms with Gasteiger partial charge in [-0.15, -0.1) is 0 Å². The van der Waals surface area contributed by atoms with Gasteiger partial charge < -0.3 is 15.4 Å². The van der Waals surface area contributed by atoms with E-state index in [1.165, 1.54) is 0 Å². The maximum Gasteiger partial charge on any atom is 0.224 e. The van der Waals surface area contributed by atoms with Gasteiger partial charge in [0, 0.05) is 25.4 Å². The molecule has 3 rings (SSSR count). The van der Waals surface area contributed by atoms with Crippen molar-refractivity contribution in [2.75, 3.05) is 17.7 Å². The second kappa shape index (κ2) is 7.57. The van der Waals surface area contributed by atoms with Crippen LogP contribution >= 0.6 is 11.6 Å². The number of nitrogens with zero attached hydrogens (tertiary/aromatic N) is 5. The van der Waals surface area contributed by atoms with Crippen molar-refractivity contribution in [3.8, 4) is 5.75 Å². The number of ether oxygens (including phenoxy) is 1. The Morgan fingerprint density at radius 3 is 2.62 bits per heavy atom. The van der Waals surface area contributed by atoms with Gasteiger partial charge in [0.2, 0.25) is 5.28 Å². The molecule has 2 N–H and O–H groups in total. The highest BCUT2D eigenvalue weighted by atomic mass is 35.5. The topological polar surface area (TPSA) is 89.8 Å². The molecule has 26 heavy (non-hydrogen) atoms. The molecule has 0 bridgehead atoms. The standard InChI is InChI=1S/C17H20ClN7O/c1-10-15(11(2)25(3)24-10)20-7-12-8-21-17(18)23-16(12)22-14-6-5-13(26-4)9-19-14/h5-6,8-9,20H,7H2,1-4H3,(H,19,21,22,23). The lowest BCUT2D eigenvalue weighted by atomic mass is 10.2. The van der Waals surface area contributed by atoms with Gasteiger partial charge in [-0.05, 0) is 37.6 Å². The van der Waals surface area contributed by atoms with Gasteiger partial charge in [0.1, 0.15) is 17.4 Å². The van der Waals surface area contributed by atoms with Crippen LogP contribution in [0.15, 0.2) is 24.5 Å². The fourth-order valence-corrected chi connectivity index (χ4v) is 2.67. The molecule has 3 aromatic heterocycles. The van der Waals surface area contributed by atoms with E-state index in [4.69, 9.17) is 16.3 Å². The van der Waals surface area contributed by atoms with E-state index in [1.54, 1.807) is 19.5 Å². The Hall–Kier alpha value is -2.87. The number of pyridine rings is 1. The highest BCUT2D eigenvalue weighted by molar-refractivity contribution is 6.28. The first-order chi connectivity index (χ1) is 12.5. The van der Waals surface area contributed by atoms with Crippen LogP contribution in [0.5, 0.6) is 5.75 Å². The van der Waals surface area contributed by atoms with Crippen molar-refractivity contribution in [2.24, 2.45) is 7.05 Å². The molecule has 0 aliphatic rings. The molecule has 0 aliphatic heterocycles. The largest absolute Gasteiger partial charge is 0.495 e. The van der Waals surface area contributed by atoms with E-state index in [0.29, 0.717) is 23.9 Å². The first-order valence-corrected chi connectivity index (χ1v) is 8.38. The van der Waals surface area contributed by atoms with Crippen LogP contribution in [-0.4, -0.2) is 31.8 Å². The molecule has 0 atom stereocenters. The summed E-state index contributed by atoms with van der Waals surface area (Å²) in [6.07, 6.45) is 3.32. The van der Waals surface area contributed by atoms with Gasteiger partial charge in [0.15, 0.2) is 0 Å². The Kier molecular flexibility index (Phi) is 5.22. The zero-order valence-electron chi connectivity index (χ0n) is 15.0. The lowest BCUT2D eigenvalue weighted by Gasteiger charge is -2.12. The van der Waals surface area contributed by atoms with E-state index in [-0.39, 0.29) is 5.28 Å². The number of rotatable bonds is 6. The van der Waals surface area contributed by atoms with Gasteiger partial charge in [-0.2, -0.15) is 5.10 Å². The van der Waals surface area contributed by atoms with Gasteiger partial charge in [0.25, 0.3) is 0 Å². The second-order valence-electron chi connectivity index (χ2n) is 5.74. The quantitative estimate of drug-likeness (QED) is 0.641. The highest BCUT2D eigenvalue weighted by Gasteiger charge is 2.12. The summed E-state index contributed by atoms with van der Waals surface area (Å²) in [7, 11) is 3.52. The first kappa shape index (κ1) is 17.9. The van der Waals surface area contributed by atoms with Crippen LogP contribution in [0.4, 0.5) is 17.3 Å². The van der Waals surface area contributed by atoms with E-state index >= 15 is 0 Å². The summed E-state index contributed by atoms with van der Waals surface area (Å²) in [5, 5.41) is 11.1. The zero-order chi connectivity index (χ0) is 18.7. The number of halogens is 1. The van der Waals surface area contributed by atoms with Crippen LogP contribution < -0.4 is 15.4 Å². The van der Waals surface area contributed by atoms with Gasteiger partial charge in [0.05, 0.1) is 30.4 Å². The number of aromatic nitrogens is 5. The average Bonchev–Trinajstić information content (AvgIpc) is 2.87. The molecule has 0 aromatic carbocycles. The Morgan fingerprint density at radius 2 is 2.00 bits per heavy atom.